The molecule has 0 spiro atoms. The van der Waals surface area contributed by atoms with Crippen LogP contribution in [0.3, 0.4) is 0 Å². The number of benzene rings is 3. The van der Waals surface area contributed by atoms with E-state index in [-0.39, 0.29) is 11.8 Å². The molecule has 0 radical (unpaired) electrons. The van der Waals surface area contributed by atoms with Gasteiger partial charge in [-0.15, -0.1) is 0 Å². The van der Waals surface area contributed by atoms with Crippen LogP contribution in [0.25, 0.3) is 0 Å². The van der Waals surface area contributed by atoms with Crippen molar-refractivity contribution in [1.29, 1.82) is 0 Å². The predicted molar refractivity (Wildman–Crippen MR) is 108 cm³/mol. The Labute approximate surface area is 167 Å². The molecule has 27 heavy (non-hydrogen) atoms. The number of nitrogens with one attached hydrogen (secondary N) is 2. The van der Waals surface area contributed by atoms with Gasteiger partial charge < -0.3 is 10.6 Å². The van der Waals surface area contributed by atoms with E-state index in [4.69, 9.17) is 23.2 Å². The third-order valence-corrected chi connectivity index (χ3v) is 4.62. The fraction of sp³-hybridized carbons (Fsp3) is 0.0476. The van der Waals surface area contributed by atoms with E-state index in [0.717, 1.165) is 5.56 Å². The van der Waals surface area contributed by atoms with Crippen LogP contribution >= 0.6 is 23.2 Å². The summed E-state index contributed by atoms with van der Waals surface area (Å²) in [5.41, 5.74) is 2.51. The Balaban J connectivity index is 1.60. The highest BCUT2D eigenvalue weighted by Crippen LogP contribution is 2.23. The molecule has 0 bridgehead atoms. The van der Waals surface area contributed by atoms with Crippen molar-refractivity contribution >= 4 is 40.7 Å². The van der Waals surface area contributed by atoms with Gasteiger partial charge in [0.25, 0.3) is 11.8 Å². The average Bonchev–Trinajstić information content (AvgIpc) is 2.69. The molecule has 2 amide bonds. The normalized spacial score (nSPS) is 10.3. The van der Waals surface area contributed by atoms with Crippen molar-refractivity contribution in [2.75, 3.05) is 5.32 Å². The first-order valence-corrected chi connectivity index (χ1v) is 8.97. The maximum Gasteiger partial charge on any atom is 0.255 e. The highest BCUT2D eigenvalue weighted by molar-refractivity contribution is 6.42. The van der Waals surface area contributed by atoms with Gasteiger partial charge in [-0.05, 0) is 48.0 Å². The maximum atomic E-state index is 12.3. The molecule has 0 aromatic heterocycles. The number of hydrogen-bond acceptors (Lipinski definition) is 2. The van der Waals surface area contributed by atoms with Crippen LogP contribution in [0, 0.1) is 0 Å². The summed E-state index contributed by atoms with van der Waals surface area (Å²) in [7, 11) is 0. The van der Waals surface area contributed by atoms with Gasteiger partial charge in [0.1, 0.15) is 0 Å². The fourth-order valence-corrected chi connectivity index (χ4v) is 2.72. The van der Waals surface area contributed by atoms with Crippen molar-refractivity contribution in [3.05, 3.63) is 99.5 Å². The topological polar surface area (TPSA) is 58.2 Å². The van der Waals surface area contributed by atoms with E-state index in [9.17, 15) is 9.59 Å². The molecule has 3 rings (SSSR count). The van der Waals surface area contributed by atoms with Crippen LogP contribution in [0.15, 0.2) is 72.8 Å². The minimum absolute atomic E-state index is 0.179. The van der Waals surface area contributed by atoms with Crippen LogP contribution in [0.5, 0.6) is 0 Å². The van der Waals surface area contributed by atoms with Crippen LogP contribution in [0.4, 0.5) is 5.69 Å². The molecule has 0 heterocycles. The van der Waals surface area contributed by atoms with E-state index in [0.29, 0.717) is 33.4 Å². The van der Waals surface area contributed by atoms with E-state index in [1.807, 2.05) is 30.3 Å². The number of amides is 2. The van der Waals surface area contributed by atoms with Gasteiger partial charge in [0.15, 0.2) is 0 Å². The van der Waals surface area contributed by atoms with Crippen molar-refractivity contribution in [2.45, 2.75) is 6.54 Å². The summed E-state index contributed by atoms with van der Waals surface area (Å²) < 4.78 is 0. The molecule has 0 atom stereocenters. The van der Waals surface area contributed by atoms with Gasteiger partial charge in [0.2, 0.25) is 0 Å². The molecule has 0 aliphatic carbocycles. The van der Waals surface area contributed by atoms with E-state index in [1.165, 1.54) is 6.07 Å². The molecule has 0 aliphatic rings. The Hall–Kier alpha value is -2.82. The van der Waals surface area contributed by atoms with Gasteiger partial charge in [-0.1, -0.05) is 53.5 Å². The lowest BCUT2D eigenvalue weighted by Gasteiger charge is -2.08. The second-order valence-corrected chi connectivity index (χ2v) is 6.64. The molecule has 0 saturated heterocycles. The van der Waals surface area contributed by atoms with Crippen LogP contribution in [-0.4, -0.2) is 11.8 Å². The number of rotatable bonds is 5. The number of hydrogen-bond donors (Lipinski definition) is 2. The van der Waals surface area contributed by atoms with Gasteiger partial charge in [-0.2, -0.15) is 0 Å². The molecule has 0 aliphatic heterocycles. The number of anilines is 1. The molecular weight excluding hydrogens is 383 g/mol. The van der Waals surface area contributed by atoms with Crippen molar-refractivity contribution in [3.8, 4) is 0 Å². The molecule has 0 fully saturated rings. The van der Waals surface area contributed by atoms with Gasteiger partial charge >= 0.3 is 0 Å². The molecule has 0 unspecified atom stereocenters. The summed E-state index contributed by atoms with van der Waals surface area (Å²) in [6.45, 7) is 0.454. The average molecular weight is 399 g/mol. The fourth-order valence-electron chi connectivity index (χ4n) is 2.43. The van der Waals surface area contributed by atoms with Crippen LogP contribution in [0.2, 0.25) is 10.0 Å². The maximum absolute atomic E-state index is 12.3. The molecule has 136 valence electrons. The first kappa shape index (κ1) is 19.0. The highest BCUT2D eigenvalue weighted by Gasteiger charge is 2.10. The standard InChI is InChI=1S/C21H16Cl2N2O2/c22-18-11-8-16(12-19(18)23)21(27)25-17-9-6-15(7-10-17)20(26)24-13-14-4-2-1-3-5-14/h1-12H,13H2,(H,24,26)(H,25,27). The van der Waals surface area contributed by atoms with Gasteiger partial charge in [0.05, 0.1) is 10.0 Å². The van der Waals surface area contributed by atoms with Crippen LogP contribution in [0.1, 0.15) is 26.3 Å². The SMILES string of the molecule is O=C(NCc1ccccc1)c1ccc(NC(=O)c2ccc(Cl)c(Cl)c2)cc1. The van der Waals surface area contributed by atoms with Crippen molar-refractivity contribution < 1.29 is 9.59 Å². The second kappa shape index (κ2) is 8.71. The van der Waals surface area contributed by atoms with Crippen LogP contribution < -0.4 is 10.6 Å². The Morgan fingerprint density at radius 3 is 2.07 bits per heavy atom. The zero-order chi connectivity index (χ0) is 19.2. The summed E-state index contributed by atoms with van der Waals surface area (Å²) in [5, 5.41) is 6.32. The predicted octanol–water partition coefficient (Wildman–Crippen LogP) is 5.18. The summed E-state index contributed by atoms with van der Waals surface area (Å²) >= 11 is 11.8. The third-order valence-electron chi connectivity index (χ3n) is 3.88. The highest BCUT2D eigenvalue weighted by atomic mass is 35.5. The molecule has 4 nitrogen and oxygen atoms in total. The van der Waals surface area contributed by atoms with E-state index < -0.39 is 0 Å². The lowest BCUT2D eigenvalue weighted by atomic mass is 10.1. The zero-order valence-electron chi connectivity index (χ0n) is 14.2. The molecule has 2 N–H and O–H groups in total. The Bertz CT molecular complexity index is 958. The molecule has 3 aromatic carbocycles. The molecular formula is C21H16Cl2N2O2. The smallest absolute Gasteiger partial charge is 0.255 e. The summed E-state index contributed by atoms with van der Waals surface area (Å²) in [6, 6.07) is 21.0. The third kappa shape index (κ3) is 5.09. The number of carbonyl (C=O) groups is 2. The quantitative estimate of drug-likeness (QED) is 0.622. The Kier molecular flexibility index (Phi) is 6.12. The van der Waals surface area contributed by atoms with E-state index in [1.54, 1.807) is 36.4 Å². The molecule has 3 aromatic rings. The van der Waals surface area contributed by atoms with Gasteiger partial charge in [-0.3, -0.25) is 9.59 Å². The summed E-state index contributed by atoms with van der Waals surface area (Å²) in [6.07, 6.45) is 0. The molecule has 0 saturated carbocycles. The number of halogens is 2. The van der Waals surface area contributed by atoms with Crippen molar-refractivity contribution in [1.82, 2.24) is 5.32 Å². The minimum atomic E-state index is -0.310. The van der Waals surface area contributed by atoms with Gasteiger partial charge in [0, 0.05) is 23.4 Å². The first-order valence-electron chi connectivity index (χ1n) is 8.21. The largest absolute Gasteiger partial charge is 0.348 e. The van der Waals surface area contributed by atoms with E-state index >= 15 is 0 Å². The minimum Gasteiger partial charge on any atom is -0.348 e. The lowest BCUT2D eigenvalue weighted by molar-refractivity contribution is 0.0950. The first-order chi connectivity index (χ1) is 13.0. The second-order valence-electron chi connectivity index (χ2n) is 5.83. The number of carbonyl (C=O) groups excluding carboxylic acids is 2. The van der Waals surface area contributed by atoms with Gasteiger partial charge in [-0.25, -0.2) is 0 Å². The van der Waals surface area contributed by atoms with Crippen LogP contribution in [-0.2, 0) is 6.54 Å². The monoisotopic (exact) mass is 398 g/mol. The Morgan fingerprint density at radius 1 is 0.741 bits per heavy atom. The van der Waals surface area contributed by atoms with E-state index in [2.05, 4.69) is 10.6 Å². The zero-order valence-corrected chi connectivity index (χ0v) is 15.7. The summed E-state index contributed by atoms with van der Waals surface area (Å²) in [4.78, 5) is 24.5. The van der Waals surface area contributed by atoms with Crippen molar-refractivity contribution in [2.24, 2.45) is 0 Å². The lowest BCUT2D eigenvalue weighted by Crippen LogP contribution is -2.22. The Morgan fingerprint density at radius 2 is 1.41 bits per heavy atom. The molecule has 6 heteroatoms. The summed E-state index contributed by atoms with van der Waals surface area (Å²) in [5.74, 6) is -0.490. The van der Waals surface area contributed by atoms with Crippen molar-refractivity contribution in [3.63, 3.8) is 0 Å².